The zero-order chi connectivity index (χ0) is 13.9. The first kappa shape index (κ1) is 12.7. The molecule has 3 rings (SSSR count). The van der Waals surface area contributed by atoms with E-state index in [4.69, 9.17) is 0 Å². The number of benzene rings is 1. The molecule has 0 amide bonds. The van der Waals surface area contributed by atoms with Crippen molar-refractivity contribution in [1.29, 1.82) is 0 Å². The van der Waals surface area contributed by atoms with Gasteiger partial charge in [0.15, 0.2) is 0 Å². The van der Waals surface area contributed by atoms with Crippen LogP contribution in [0.1, 0.15) is 11.4 Å². The zero-order valence-corrected chi connectivity index (χ0v) is 11.3. The molecular weight excluding hydrogens is 253 g/mol. The zero-order valence-electron chi connectivity index (χ0n) is 11.3. The summed E-state index contributed by atoms with van der Waals surface area (Å²) < 4.78 is 15.6. The summed E-state index contributed by atoms with van der Waals surface area (Å²) >= 11 is 0. The summed E-state index contributed by atoms with van der Waals surface area (Å²) in [6.45, 7) is 0. The number of halogens is 1. The van der Waals surface area contributed by atoms with E-state index >= 15 is 0 Å². The van der Waals surface area contributed by atoms with Crippen LogP contribution in [0.15, 0.2) is 48.8 Å². The third-order valence-corrected chi connectivity index (χ3v) is 3.47. The summed E-state index contributed by atoms with van der Waals surface area (Å²) in [6.07, 6.45) is 5.20. The van der Waals surface area contributed by atoms with E-state index in [0.717, 1.165) is 22.6 Å². The first-order valence-corrected chi connectivity index (χ1v) is 6.65. The molecule has 0 unspecified atom stereocenters. The lowest BCUT2D eigenvalue weighted by molar-refractivity contribution is 0.607. The van der Waals surface area contributed by atoms with Crippen LogP contribution in [0.2, 0.25) is 0 Å². The number of pyridine rings is 1. The highest BCUT2D eigenvalue weighted by atomic mass is 19.1. The number of anilines is 1. The second-order valence-corrected chi connectivity index (χ2v) is 4.73. The van der Waals surface area contributed by atoms with Gasteiger partial charge in [0.1, 0.15) is 11.6 Å². The van der Waals surface area contributed by atoms with Gasteiger partial charge in [-0.3, -0.25) is 0 Å². The van der Waals surface area contributed by atoms with Crippen molar-refractivity contribution >= 4 is 11.2 Å². The second kappa shape index (κ2) is 5.33. The molecule has 1 aromatic carbocycles. The molecule has 0 bridgehead atoms. The Morgan fingerprint density at radius 3 is 2.85 bits per heavy atom. The fourth-order valence-electron chi connectivity index (χ4n) is 2.34. The van der Waals surface area contributed by atoms with Gasteiger partial charge < -0.3 is 9.72 Å². The monoisotopic (exact) mass is 269 g/mol. The molecule has 0 saturated heterocycles. The van der Waals surface area contributed by atoms with Gasteiger partial charge in [0, 0.05) is 25.4 Å². The van der Waals surface area contributed by atoms with Crippen molar-refractivity contribution in [3.05, 3.63) is 66.0 Å². The molecule has 102 valence electrons. The van der Waals surface area contributed by atoms with Crippen molar-refractivity contribution in [2.45, 2.75) is 12.8 Å². The Kier molecular flexibility index (Phi) is 3.37. The van der Waals surface area contributed by atoms with E-state index in [1.54, 1.807) is 6.07 Å². The van der Waals surface area contributed by atoms with E-state index in [1.807, 2.05) is 48.1 Å². The average molecular weight is 269 g/mol. The van der Waals surface area contributed by atoms with Crippen LogP contribution >= 0.6 is 0 Å². The van der Waals surface area contributed by atoms with Gasteiger partial charge in [0.05, 0.1) is 11.7 Å². The number of rotatable bonds is 4. The number of nitrogens with zero attached hydrogens (tertiary/aromatic N) is 2. The molecule has 20 heavy (non-hydrogen) atoms. The molecular formula is C16H16FN3. The van der Waals surface area contributed by atoms with Crippen LogP contribution in [0.5, 0.6) is 0 Å². The predicted octanol–water partition coefficient (Wildman–Crippen LogP) is 3.30. The van der Waals surface area contributed by atoms with Crippen LogP contribution in [0.4, 0.5) is 10.1 Å². The Morgan fingerprint density at radius 2 is 2.05 bits per heavy atom. The van der Waals surface area contributed by atoms with Gasteiger partial charge in [0.25, 0.3) is 0 Å². The van der Waals surface area contributed by atoms with E-state index in [9.17, 15) is 4.39 Å². The van der Waals surface area contributed by atoms with Gasteiger partial charge in [0.2, 0.25) is 0 Å². The van der Waals surface area contributed by atoms with Gasteiger partial charge in [-0.15, -0.1) is 0 Å². The smallest absolute Gasteiger partial charge is 0.126 e. The van der Waals surface area contributed by atoms with Crippen LogP contribution in [0, 0.1) is 5.82 Å². The molecule has 1 N–H and O–H groups in total. The quantitative estimate of drug-likeness (QED) is 0.787. The van der Waals surface area contributed by atoms with Crippen molar-refractivity contribution in [1.82, 2.24) is 9.38 Å². The van der Waals surface area contributed by atoms with Crippen molar-refractivity contribution in [2.75, 3.05) is 12.4 Å². The van der Waals surface area contributed by atoms with E-state index in [0.29, 0.717) is 12.8 Å². The molecule has 0 fully saturated rings. The van der Waals surface area contributed by atoms with Crippen molar-refractivity contribution in [3.63, 3.8) is 0 Å². The van der Waals surface area contributed by atoms with Gasteiger partial charge in [-0.1, -0.05) is 18.2 Å². The third kappa shape index (κ3) is 2.37. The number of aryl methyl sites for hydroxylation is 2. The molecule has 0 aliphatic rings. The van der Waals surface area contributed by atoms with Gasteiger partial charge in [-0.25, -0.2) is 9.37 Å². The maximum Gasteiger partial charge on any atom is 0.126 e. The highest BCUT2D eigenvalue weighted by molar-refractivity contribution is 5.57. The lowest BCUT2D eigenvalue weighted by Crippen LogP contribution is -2.00. The molecule has 2 aromatic heterocycles. The van der Waals surface area contributed by atoms with E-state index in [1.165, 1.54) is 6.07 Å². The molecule has 2 heterocycles. The summed E-state index contributed by atoms with van der Waals surface area (Å²) in [5, 5.41) is 3.10. The minimum absolute atomic E-state index is 0.147. The lowest BCUT2D eigenvalue weighted by Gasteiger charge is -2.05. The van der Waals surface area contributed by atoms with E-state index < -0.39 is 0 Å². The van der Waals surface area contributed by atoms with Crippen LogP contribution in [0.3, 0.4) is 0 Å². The standard InChI is InChI=1S/C16H16FN3/c1-18-13-8-9-20-14(10-13)11-19-16(20)7-6-12-4-2-3-5-15(12)17/h2-5,8-11,18H,6-7H2,1H3. The maximum absolute atomic E-state index is 13.6. The summed E-state index contributed by atoms with van der Waals surface area (Å²) in [5.41, 5.74) is 2.83. The number of imidazole rings is 1. The summed E-state index contributed by atoms with van der Waals surface area (Å²) in [5.74, 6) is 0.803. The van der Waals surface area contributed by atoms with Gasteiger partial charge >= 0.3 is 0 Å². The van der Waals surface area contributed by atoms with Gasteiger partial charge in [-0.05, 0) is 30.2 Å². The predicted molar refractivity (Wildman–Crippen MR) is 78.5 cm³/mol. The molecule has 0 spiro atoms. The Hall–Kier alpha value is -2.36. The van der Waals surface area contributed by atoms with Crippen molar-refractivity contribution in [2.24, 2.45) is 0 Å². The Bertz CT molecular complexity index is 733. The molecule has 0 radical (unpaired) electrons. The highest BCUT2D eigenvalue weighted by Crippen LogP contribution is 2.15. The minimum atomic E-state index is -0.147. The number of hydrogen-bond donors (Lipinski definition) is 1. The first-order chi connectivity index (χ1) is 9.78. The molecule has 0 aliphatic carbocycles. The second-order valence-electron chi connectivity index (χ2n) is 4.73. The fourth-order valence-corrected chi connectivity index (χ4v) is 2.34. The normalized spacial score (nSPS) is 10.9. The molecule has 3 nitrogen and oxygen atoms in total. The number of aromatic nitrogens is 2. The van der Waals surface area contributed by atoms with Crippen LogP contribution < -0.4 is 5.32 Å². The van der Waals surface area contributed by atoms with Crippen molar-refractivity contribution in [3.8, 4) is 0 Å². The minimum Gasteiger partial charge on any atom is -0.388 e. The Labute approximate surface area is 117 Å². The van der Waals surface area contributed by atoms with E-state index in [-0.39, 0.29) is 5.82 Å². The maximum atomic E-state index is 13.6. The van der Waals surface area contributed by atoms with Crippen LogP contribution in [0.25, 0.3) is 5.52 Å². The van der Waals surface area contributed by atoms with Crippen molar-refractivity contribution < 1.29 is 4.39 Å². The lowest BCUT2D eigenvalue weighted by atomic mass is 10.1. The SMILES string of the molecule is CNc1ccn2c(CCc3ccccc3F)ncc2c1. The summed E-state index contributed by atoms with van der Waals surface area (Å²) in [7, 11) is 1.89. The topological polar surface area (TPSA) is 29.3 Å². The van der Waals surface area contributed by atoms with Crippen LogP contribution in [-0.2, 0) is 12.8 Å². The Balaban J connectivity index is 1.83. The number of fused-ring (bicyclic) bond motifs is 1. The number of hydrogen-bond acceptors (Lipinski definition) is 2. The summed E-state index contributed by atoms with van der Waals surface area (Å²) in [6, 6.07) is 10.9. The molecule has 0 aliphatic heterocycles. The van der Waals surface area contributed by atoms with Crippen LogP contribution in [-0.4, -0.2) is 16.4 Å². The molecule has 3 aromatic rings. The molecule has 0 saturated carbocycles. The van der Waals surface area contributed by atoms with Gasteiger partial charge in [-0.2, -0.15) is 0 Å². The molecule has 4 heteroatoms. The molecule has 0 atom stereocenters. The Morgan fingerprint density at radius 1 is 1.20 bits per heavy atom. The van der Waals surface area contributed by atoms with E-state index in [2.05, 4.69) is 10.3 Å². The first-order valence-electron chi connectivity index (χ1n) is 6.65. The highest BCUT2D eigenvalue weighted by Gasteiger charge is 2.06. The fraction of sp³-hybridized carbons (Fsp3) is 0.188. The largest absolute Gasteiger partial charge is 0.388 e. The average Bonchev–Trinajstić information content (AvgIpc) is 2.88. The third-order valence-electron chi connectivity index (χ3n) is 3.47. The summed E-state index contributed by atoms with van der Waals surface area (Å²) in [4.78, 5) is 4.43. The number of nitrogens with one attached hydrogen (secondary N) is 1.